The van der Waals surface area contributed by atoms with Crippen molar-refractivity contribution in [3.63, 3.8) is 0 Å². The van der Waals surface area contributed by atoms with Crippen molar-refractivity contribution in [2.24, 2.45) is 0 Å². The zero-order valence-electron chi connectivity index (χ0n) is 13.5. The number of likely N-dealkylation sites (tertiary alicyclic amines) is 1. The molecule has 0 bridgehead atoms. The van der Waals surface area contributed by atoms with Crippen molar-refractivity contribution in [2.75, 3.05) is 11.9 Å². The monoisotopic (exact) mass is 315 g/mol. The summed E-state index contributed by atoms with van der Waals surface area (Å²) in [5.74, 6) is 1.77. The van der Waals surface area contributed by atoms with E-state index in [1.165, 1.54) is 6.42 Å². The fourth-order valence-electron chi connectivity index (χ4n) is 2.91. The van der Waals surface area contributed by atoms with Gasteiger partial charge in [-0.2, -0.15) is 0 Å². The molecule has 1 fully saturated rings. The lowest BCUT2D eigenvalue weighted by Crippen LogP contribution is -2.43. The van der Waals surface area contributed by atoms with Gasteiger partial charge in [0.05, 0.1) is 0 Å². The van der Waals surface area contributed by atoms with Crippen LogP contribution >= 0.6 is 0 Å². The summed E-state index contributed by atoms with van der Waals surface area (Å²) in [6, 6.07) is 5.51. The van der Waals surface area contributed by atoms with Gasteiger partial charge < -0.3 is 14.7 Å². The minimum absolute atomic E-state index is 0.0344. The van der Waals surface area contributed by atoms with Gasteiger partial charge in [0, 0.05) is 18.7 Å². The molecule has 2 aromatic rings. The minimum atomic E-state index is -0.0344. The van der Waals surface area contributed by atoms with Crippen LogP contribution in [0.2, 0.25) is 0 Å². The van der Waals surface area contributed by atoms with Gasteiger partial charge in [0.15, 0.2) is 17.3 Å². The second-order valence-electron chi connectivity index (χ2n) is 5.81. The maximum Gasteiger partial charge on any atom is 0.274 e. The van der Waals surface area contributed by atoms with E-state index < -0.39 is 0 Å². The van der Waals surface area contributed by atoms with Crippen molar-refractivity contribution >= 4 is 17.5 Å². The molecule has 1 amide bonds. The first-order valence-electron chi connectivity index (χ1n) is 8.02. The highest BCUT2D eigenvalue weighted by molar-refractivity contribution is 5.92. The molecule has 1 unspecified atom stereocenters. The third kappa shape index (κ3) is 3.49. The highest BCUT2D eigenvalue weighted by Gasteiger charge is 2.27. The number of amides is 1. The summed E-state index contributed by atoms with van der Waals surface area (Å²) in [5.41, 5.74) is 0.382. The van der Waals surface area contributed by atoms with Gasteiger partial charge in [0.1, 0.15) is 5.76 Å². The first-order valence-corrected chi connectivity index (χ1v) is 8.02. The van der Waals surface area contributed by atoms with E-state index in [4.69, 9.17) is 4.52 Å². The van der Waals surface area contributed by atoms with Gasteiger partial charge in [-0.05, 0) is 44.7 Å². The van der Waals surface area contributed by atoms with Gasteiger partial charge in [-0.25, -0.2) is 0 Å². The summed E-state index contributed by atoms with van der Waals surface area (Å²) in [5, 5.41) is 14.9. The number of carbonyl (C=O) groups excluding carboxylic acids is 1. The molecule has 7 nitrogen and oxygen atoms in total. The normalized spacial score (nSPS) is 18.0. The van der Waals surface area contributed by atoms with Crippen molar-refractivity contribution in [3.05, 3.63) is 29.7 Å². The van der Waals surface area contributed by atoms with Crippen LogP contribution in [-0.4, -0.2) is 38.7 Å². The van der Waals surface area contributed by atoms with Crippen LogP contribution in [0.15, 0.2) is 22.7 Å². The first kappa shape index (κ1) is 15.5. The maximum absolute atomic E-state index is 12.6. The van der Waals surface area contributed by atoms with Gasteiger partial charge in [-0.3, -0.25) is 4.79 Å². The van der Waals surface area contributed by atoms with Crippen LogP contribution in [0.1, 0.15) is 48.9 Å². The lowest BCUT2D eigenvalue weighted by atomic mass is 9.99. The number of anilines is 2. The predicted octanol–water partition coefficient (Wildman–Crippen LogP) is 2.92. The molecule has 2 aromatic heterocycles. The molecule has 1 aliphatic rings. The molecule has 3 rings (SSSR count). The fraction of sp³-hybridized carbons (Fsp3) is 0.500. The number of piperidine rings is 1. The van der Waals surface area contributed by atoms with E-state index in [1.807, 2.05) is 11.8 Å². The van der Waals surface area contributed by atoms with Crippen LogP contribution < -0.4 is 5.32 Å². The molecule has 1 saturated heterocycles. The van der Waals surface area contributed by atoms with E-state index in [2.05, 4.69) is 27.6 Å². The number of nitrogens with zero attached hydrogens (tertiary/aromatic N) is 4. The number of nitrogens with one attached hydrogen (secondary N) is 1. The first-order chi connectivity index (χ1) is 11.2. The Hall–Kier alpha value is -2.44. The lowest BCUT2D eigenvalue weighted by molar-refractivity contribution is 0.0601. The number of rotatable bonds is 4. The topological polar surface area (TPSA) is 84.2 Å². The number of hydrogen-bond donors (Lipinski definition) is 1. The Labute approximate surface area is 135 Å². The van der Waals surface area contributed by atoms with Gasteiger partial charge in [-0.1, -0.05) is 12.1 Å². The molecule has 1 N–H and O–H groups in total. The predicted molar refractivity (Wildman–Crippen MR) is 85.5 cm³/mol. The molecule has 23 heavy (non-hydrogen) atoms. The van der Waals surface area contributed by atoms with Gasteiger partial charge in [0.2, 0.25) is 0 Å². The summed E-state index contributed by atoms with van der Waals surface area (Å²) in [7, 11) is 0. The SMILES string of the molecule is CCC1CCCCN1C(=O)c1ccc(Nc2cc(C)on2)nn1. The molecular weight excluding hydrogens is 294 g/mol. The van der Waals surface area contributed by atoms with Gasteiger partial charge in [0.25, 0.3) is 5.91 Å². The molecule has 1 aliphatic heterocycles. The van der Waals surface area contributed by atoms with Crippen molar-refractivity contribution < 1.29 is 9.32 Å². The zero-order valence-corrected chi connectivity index (χ0v) is 13.5. The summed E-state index contributed by atoms with van der Waals surface area (Å²) in [6.45, 7) is 4.74. The van der Waals surface area contributed by atoms with E-state index in [0.29, 0.717) is 29.1 Å². The zero-order chi connectivity index (χ0) is 16.2. The Morgan fingerprint density at radius 1 is 1.35 bits per heavy atom. The summed E-state index contributed by atoms with van der Waals surface area (Å²) in [6.07, 6.45) is 4.29. The van der Waals surface area contributed by atoms with Crippen LogP contribution in [0.25, 0.3) is 0 Å². The Kier molecular flexibility index (Phi) is 4.55. The standard InChI is InChI=1S/C16H21N5O2/c1-3-12-6-4-5-9-21(12)16(22)13-7-8-14(19-18-13)17-15-10-11(2)23-20-15/h7-8,10,12H,3-6,9H2,1-2H3,(H,17,19,20). The second kappa shape index (κ2) is 6.76. The van der Waals surface area contributed by atoms with Crippen molar-refractivity contribution in [1.29, 1.82) is 0 Å². The molecule has 7 heteroatoms. The van der Waals surface area contributed by atoms with Crippen molar-refractivity contribution in [1.82, 2.24) is 20.3 Å². The Morgan fingerprint density at radius 3 is 2.87 bits per heavy atom. The summed E-state index contributed by atoms with van der Waals surface area (Å²) >= 11 is 0. The van der Waals surface area contributed by atoms with Crippen LogP contribution in [0, 0.1) is 6.92 Å². The molecule has 0 saturated carbocycles. The Morgan fingerprint density at radius 2 is 2.22 bits per heavy atom. The average Bonchev–Trinajstić information content (AvgIpc) is 3.00. The molecule has 1 atom stereocenters. The number of aromatic nitrogens is 3. The highest BCUT2D eigenvalue weighted by atomic mass is 16.5. The molecular formula is C16H21N5O2. The highest BCUT2D eigenvalue weighted by Crippen LogP contribution is 2.21. The van der Waals surface area contributed by atoms with Crippen LogP contribution in [0.5, 0.6) is 0 Å². The second-order valence-corrected chi connectivity index (χ2v) is 5.81. The smallest absolute Gasteiger partial charge is 0.274 e. The van der Waals surface area contributed by atoms with Crippen LogP contribution in [0.3, 0.4) is 0 Å². The third-order valence-corrected chi connectivity index (χ3v) is 4.13. The lowest BCUT2D eigenvalue weighted by Gasteiger charge is -2.34. The molecule has 0 spiro atoms. The largest absolute Gasteiger partial charge is 0.360 e. The van der Waals surface area contributed by atoms with Gasteiger partial charge in [-0.15, -0.1) is 10.2 Å². The molecule has 122 valence electrons. The van der Waals surface area contributed by atoms with Gasteiger partial charge >= 0.3 is 0 Å². The summed E-state index contributed by atoms with van der Waals surface area (Å²) < 4.78 is 4.98. The molecule has 3 heterocycles. The van der Waals surface area contributed by atoms with E-state index in [-0.39, 0.29) is 5.91 Å². The van der Waals surface area contributed by atoms with Crippen molar-refractivity contribution in [3.8, 4) is 0 Å². The number of carbonyl (C=O) groups is 1. The Balaban J connectivity index is 1.69. The third-order valence-electron chi connectivity index (χ3n) is 4.13. The quantitative estimate of drug-likeness (QED) is 0.934. The Bertz CT molecular complexity index is 667. The van der Waals surface area contributed by atoms with E-state index in [9.17, 15) is 4.79 Å². The average molecular weight is 315 g/mol. The molecule has 0 aliphatic carbocycles. The van der Waals surface area contributed by atoms with E-state index in [0.717, 1.165) is 25.8 Å². The van der Waals surface area contributed by atoms with Crippen molar-refractivity contribution in [2.45, 2.75) is 45.6 Å². The maximum atomic E-state index is 12.6. The number of aryl methyl sites for hydroxylation is 1. The van der Waals surface area contributed by atoms with E-state index >= 15 is 0 Å². The molecule has 0 radical (unpaired) electrons. The fourth-order valence-corrected chi connectivity index (χ4v) is 2.91. The van der Waals surface area contributed by atoms with Crippen LogP contribution in [-0.2, 0) is 0 Å². The summed E-state index contributed by atoms with van der Waals surface area (Å²) in [4.78, 5) is 14.5. The van der Waals surface area contributed by atoms with E-state index in [1.54, 1.807) is 18.2 Å². The number of hydrogen-bond acceptors (Lipinski definition) is 6. The minimum Gasteiger partial charge on any atom is -0.360 e. The van der Waals surface area contributed by atoms with Crippen LogP contribution in [0.4, 0.5) is 11.6 Å². The molecule has 0 aromatic carbocycles.